The first-order valence-electron chi connectivity index (χ1n) is 5.37. The van der Waals surface area contributed by atoms with Gasteiger partial charge in [0.2, 0.25) is 5.89 Å². The molecule has 0 atom stereocenters. The highest BCUT2D eigenvalue weighted by molar-refractivity contribution is 7.17. The maximum atomic E-state index is 12.2. The second-order valence-corrected chi connectivity index (χ2v) is 4.89. The molecule has 0 aliphatic carbocycles. The van der Waals surface area contributed by atoms with E-state index in [1.807, 2.05) is 12.3 Å². The van der Waals surface area contributed by atoms with E-state index in [-0.39, 0.29) is 12.1 Å². The van der Waals surface area contributed by atoms with Crippen LogP contribution in [0, 0.1) is 13.8 Å². The summed E-state index contributed by atoms with van der Waals surface area (Å²) in [5, 5.41) is 5.62. The van der Waals surface area contributed by atoms with Crippen LogP contribution in [0.1, 0.15) is 17.3 Å². The molecule has 0 bridgehead atoms. The van der Waals surface area contributed by atoms with Crippen LogP contribution in [0.15, 0.2) is 21.0 Å². The summed E-state index contributed by atoms with van der Waals surface area (Å²) in [6, 6.07) is 0. The predicted molar refractivity (Wildman–Crippen MR) is 66.8 cm³/mol. The molecule has 3 rings (SSSR count). The van der Waals surface area contributed by atoms with Crippen LogP contribution in [0.4, 0.5) is 0 Å². The van der Waals surface area contributed by atoms with E-state index in [2.05, 4.69) is 15.1 Å². The second kappa shape index (κ2) is 4.02. The lowest BCUT2D eigenvalue weighted by atomic mass is 10.3. The number of rotatable bonds is 2. The first-order valence-corrected chi connectivity index (χ1v) is 6.25. The van der Waals surface area contributed by atoms with Crippen LogP contribution in [0.2, 0.25) is 0 Å². The number of fused-ring (bicyclic) bond motifs is 1. The Bertz CT molecular complexity index is 771. The van der Waals surface area contributed by atoms with Crippen LogP contribution in [-0.4, -0.2) is 19.7 Å². The fourth-order valence-corrected chi connectivity index (χ4v) is 2.67. The molecule has 18 heavy (non-hydrogen) atoms. The Morgan fingerprint density at radius 1 is 1.44 bits per heavy atom. The van der Waals surface area contributed by atoms with E-state index in [1.165, 1.54) is 22.2 Å². The molecule has 0 N–H and O–H groups in total. The van der Waals surface area contributed by atoms with Gasteiger partial charge in [-0.2, -0.15) is 4.98 Å². The molecule has 3 aromatic rings. The fourth-order valence-electron chi connectivity index (χ4n) is 1.72. The van der Waals surface area contributed by atoms with E-state index >= 15 is 0 Å². The third kappa shape index (κ3) is 1.72. The normalized spacial score (nSPS) is 11.2. The highest BCUT2D eigenvalue weighted by Crippen LogP contribution is 2.19. The molecule has 6 nitrogen and oxygen atoms in total. The van der Waals surface area contributed by atoms with Crippen molar-refractivity contribution in [3.05, 3.63) is 39.3 Å². The molecule has 0 aliphatic heterocycles. The van der Waals surface area contributed by atoms with E-state index < -0.39 is 0 Å². The summed E-state index contributed by atoms with van der Waals surface area (Å²) in [5.41, 5.74) is 1.71. The summed E-state index contributed by atoms with van der Waals surface area (Å²) < 4.78 is 7.13. The van der Waals surface area contributed by atoms with Crippen molar-refractivity contribution in [1.82, 2.24) is 19.7 Å². The largest absolute Gasteiger partial charge is 0.337 e. The molecule has 92 valence electrons. The summed E-state index contributed by atoms with van der Waals surface area (Å²) in [6.45, 7) is 3.93. The Kier molecular flexibility index (Phi) is 2.48. The van der Waals surface area contributed by atoms with Gasteiger partial charge in [0, 0.05) is 0 Å². The van der Waals surface area contributed by atoms with E-state index in [9.17, 15) is 4.79 Å². The molecule has 0 saturated heterocycles. The molecule has 0 unspecified atom stereocenters. The van der Waals surface area contributed by atoms with Gasteiger partial charge < -0.3 is 4.52 Å². The summed E-state index contributed by atoms with van der Waals surface area (Å²) in [6.07, 6.45) is 1.52. The molecule has 0 fully saturated rings. The van der Waals surface area contributed by atoms with Gasteiger partial charge in [-0.1, -0.05) is 5.16 Å². The third-order valence-corrected chi connectivity index (χ3v) is 3.67. The van der Waals surface area contributed by atoms with Crippen LogP contribution in [0.25, 0.3) is 10.2 Å². The zero-order valence-corrected chi connectivity index (χ0v) is 10.7. The number of hydrogen-bond donors (Lipinski definition) is 0. The smallest absolute Gasteiger partial charge is 0.271 e. The van der Waals surface area contributed by atoms with E-state index in [4.69, 9.17) is 4.52 Å². The zero-order chi connectivity index (χ0) is 12.7. The molecule has 0 saturated carbocycles. The zero-order valence-electron chi connectivity index (χ0n) is 9.88. The molecule has 3 aromatic heterocycles. The van der Waals surface area contributed by atoms with Crippen LogP contribution in [0.3, 0.4) is 0 Å². The maximum absolute atomic E-state index is 12.2. The van der Waals surface area contributed by atoms with Gasteiger partial charge in [-0.05, 0) is 24.8 Å². The van der Waals surface area contributed by atoms with Gasteiger partial charge in [0.25, 0.3) is 5.56 Å². The van der Waals surface area contributed by atoms with E-state index in [0.29, 0.717) is 16.4 Å². The van der Waals surface area contributed by atoms with Gasteiger partial charge in [-0.15, -0.1) is 11.3 Å². The van der Waals surface area contributed by atoms with Gasteiger partial charge in [0.1, 0.15) is 11.2 Å². The number of aryl methyl sites for hydroxylation is 2. The maximum Gasteiger partial charge on any atom is 0.271 e. The molecule has 0 spiro atoms. The first kappa shape index (κ1) is 11.1. The average molecular weight is 262 g/mol. The monoisotopic (exact) mass is 262 g/mol. The molecular weight excluding hydrogens is 252 g/mol. The SMILES string of the molecule is Cc1noc(Cn2cnc3c(C)csc3c2=O)n1. The molecular formula is C11H10N4O2S. The van der Waals surface area contributed by atoms with E-state index in [1.54, 1.807) is 6.92 Å². The van der Waals surface area contributed by atoms with Crippen molar-refractivity contribution in [1.29, 1.82) is 0 Å². The van der Waals surface area contributed by atoms with Crippen LogP contribution in [0.5, 0.6) is 0 Å². The predicted octanol–water partition coefficient (Wildman–Crippen LogP) is 1.51. The topological polar surface area (TPSA) is 73.8 Å². The number of hydrogen-bond acceptors (Lipinski definition) is 6. The second-order valence-electron chi connectivity index (χ2n) is 4.01. The Labute approximate surface area is 106 Å². The Morgan fingerprint density at radius 2 is 2.28 bits per heavy atom. The first-order chi connectivity index (χ1) is 8.65. The Hall–Kier alpha value is -2.02. The summed E-state index contributed by atoms with van der Waals surface area (Å²) in [5.74, 6) is 0.961. The quantitative estimate of drug-likeness (QED) is 0.699. The van der Waals surface area contributed by atoms with Crippen molar-refractivity contribution >= 4 is 21.6 Å². The highest BCUT2D eigenvalue weighted by Gasteiger charge is 2.10. The number of aromatic nitrogens is 4. The fraction of sp³-hybridized carbons (Fsp3) is 0.273. The lowest BCUT2D eigenvalue weighted by molar-refractivity contribution is 0.366. The van der Waals surface area contributed by atoms with Gasteiger partial charge in [-0.3, -0.25) is 9.36 Å². The highest BCUT2D eigenvalue weighted by atomic mass is 32.1. The van der Waals surface area contributed by atoms with Crippen molar-refractivity contribution in [3.63, 3.8) is 0 Å². The van der Waals surface area contributed by atoms with Crippen LogP contribution in [-0.2, 0) is 6.54 Å². The minimum Gasteiger partial charge on any atom is -0.337 e. The lowest BCUT2D eigenvalue weighted by Crippen LogP contribution is -2.20. The molecule has 0 radical (unpaired) electrons. The van der Waals surface area contributed by atoms with E-state index in [0.717, 1.165) is 11.1 Å². The number of nitrogens with zero attached hydrogens (tertiary/aromatic N) is 4. The molecule has 0 amide bonds. The van der Waals surface area contributed by atoms with Crippen LogP contribution >= 0.6 is 11.3 Å². The summed E-state index contributed by atoms with van der Waals surface area (Å²) >= 11 is 1.41. The molecule has 7 heteroatoms. The number of thiophene rings is 1. The average Bonchev–Trinajstić information content (AvgIpc) is 2.91. The Balaban J connectivity index is 2.07. The molecule has 0 aromatic carbocycles. The lowest BCUT2D eigenvalue weighted by Gasteiger charge is -2.00. The van der Waals surface area contributed by atoms with Gasteiger partial charge in [0.15, 0.2) is 5.82 Å². The third-order valence-electron chi connectivity index (χ3n) is 2.60. The molecule has 0 aliphatic rings. The van der Waals surface area contributed by atoms with Crippen molar-refractivity contribution < 1.29 is 4.52 Å². The summed E-state index contributed by atoms with van der Waals surface area (Å²) in [7, 11) is 0. The summed E-state index contributed by atoms with van der Waals surface area (Å²) in [4.78, 5) is 20.6. The van der Waals surface area contributed by atoms with Gasteiger partial charge >= 0.3 is 0 Å². The Morgan fingerprint density at radius 3 is 3.00 bits per heavy atom. The van der Waals surface area contributed by atoms with Crippen molar-refractivity contribution in [2.24, 2.45) is 0 Å². The van der Waals surface area contributed by atoms with Crippen molar-refractivity contribution in [2.45, 2.75) is 20.4 Å². The molecule has 3 heterocycles. The van der Waals surface area contributed by atoms with Gasteiger partial charge in [-0.25, -0.2) is 4.98 Å². The van der Waals surface area contributed by atoms with Crippen molar-refractivity contribution in [2.75, 3.05) is 0 Å². The van der Waals surface area contributed by atoms with Crippen LogP contribution < -0.4 is 5.56 Å². The van der Waals surface area contributed by atoms with Gasteiger partial charge in [0.05, 0.1) is 11.8 Å². The van der Waals surface area contributed by atoms with Crippen molar-refractivity contribution in [3.8, 4) is 0 Å². The minimum absolute atomic E-state index is 0.0750. The standard InChI is InChI=1S/C11H10N4O2S/c1-6-4-18-10-9(6)12-5-15(11(10)16)3-8-13-7(2)14-17-8/h4-5H,3H2,1-2H3. The minimum atomic E-state index is -0.0750.